The average molecular weight is 267 g/mol. The molecule has 2 rings (SSSR count). The molecule has 0 aliphatic rings. The quantitative estimate of drug-likeness (QED) is 0.922. The predicted molar refractivity (Wildman–Crippen MR) is 67.1 cm³/mol. The maximum absolute atomic E-state index is 13.8. The highest BCUT2D eigenvalue weighted by Crippen LogP contribution is 2.31. The van der Waals surface area contributed by atoms with Crippen LogP contribution in [0.5, 0.6) is 0 Å². The normalized spacial score (nSPS) is 12.7. The van der Waals surface area contributed by atoms with Crippen molar-refractivity contribution in [1.29, 1.82) is 0 Å². The zero-order valence-electron chi connectivity index (χ0n) is 10.4. The maximum Gasteiger partial charge on any atom is 0.261 e. The number of rotatable bonds is 3. The van der Waals surface area contributed by atoms with E-state index in [-0.39, 0.29) is 5.82 Å². The second-order valence-corrected chi connectivity index (χ2v) is 5.08. The number of oxazole rings is 1. The summed E-state index contributed by atoms with van der Waals surface area (Å²) >= 11 is 1.14. The zero-order valence-corrected chi connectivity index (χ0v) is 11.2. The van der Waals surface area contributed by atoms with Crippen LogP contribution in [0.25, 0.3) is 0 Å². The highest BCUT2D eigenvalue weighted by atomic mass is 32.2. The second kappa shape index (κ2) is 5.12. The van der Waals surface area contributed by atoms with Crippen molar-refractivity contribution in [3.8, 4) is 0 Å². The lowest BCUT2D eigenvalue weighted by Gasteiger charge is -2.06. The van der Waals surface area contributed by atoms with Gasteiger partial charge >= 0.3 is 0 Å². The lowest BCUT2D eigenvalue weighted by atomic mass is 10.1. The number of aromatic nitrogens is 1. The number of aryl methyl sites for hydroxylation is 2. The molecule has 0 saturated carbocycles. The third-order valence-corrected chi connectivity index (χ3v) is 3.54. The molecule has 0 bridgehead atoms. The van der Waals surface area contributed by atoms with Crippen molar-refractivity contribution in [2.75, 3.05) is 0 Å². The molecule has 2 aromatic rings. The third kappa shape index (κ3) is 2.73. The molecule has 3 nitrogen and oxygen atoms in total. The van der Waals surface area contributed by atoms with E-state index >= 15 is 0 Å². The summed E-state index contributed by atoms with van der Waals surface area (Å²) in [5.74, 6) is 0.352. The van der Waals surface area contributed by atoms with Gasteiger partial charge < -0.3 is 9.52 Å². The van der Waals surface area contributed by atoms with Gasteiger partial charge in [0.1, 0.15) is 11.6 Å². The fraction of sp³-hybridized carbons (Fsp3) is 0.308. The van der Waals surface area contributed by atoms with Crippen LogP contribution in [0, 0.1) is 19.7 Å². The molecule has 0 aliphatic heterocycles. The van der Waals surface area contributed by atoms with E-state index in [2.05, 4.69) is 4.98 Å². The standard InChI is InChI=1S/C13H14FNO2S/c1-7-9(3)17-13(15-7)18-12-5-4-10(8(2)16)6-11(12)14/h4-6,8,16H,1-3H3/t8-/m0/s1. The van der Waals surface area contributed by atoms with Crippen LogP contribution in [0.4, 0.5) is 4.39 Å². The second-order valence-electron chi connectivity index (χ2n) is 4.09. The Morgan fingerprint density at radius 3 is 2.61 bits per heavy atom. The van der Waals surface area contributed by atoms with Crippen LogP contribution in [-0.4, -0.2) is 10.1 Å². The van der Waals surface area contributed by atoms with Gasteiger partial charge in [-0.2, -0.15) is 0 Å². The lowest BCUT2D eigenvalue weighted by Crippen LogP contribution is -1.92. The topological polar surface area (TPSA) is 46.3 Å². The molecular formula is C13H14FNO2S. The Balaban J connectivity index is 2.24. The number of halogens is 1. The van der Waals surface area contributed by atoms with E-state index in [1.54, 1.807) is 19.1 Å². The number of benzene rings is 1. The Labute approximate surface area is 109 Å². The molecule has 1 N–H and O–H groups in total. The van der Waals surface area contributed by atoms with Gasteiger partial charge in [0, 0.05) is 0 Å². The van der Waals surface area contributed by atoms with Crippen LogP contribution in [0.1, 0.15) is 30.0 Å². The van der Waals surface area contributed by atoms with Gasteiger partial charge in [0.05, 0.1) is 16.7 Å². The third-order valence-electron chi connectivity index (χ3n) is 2.64. The number of hydrogen-bond donors (Lipinski definition) is 1. The van der Waals surface area contributed by atoms with Crippen LogP contribution in [-0.2, 0) is 0 Å². The van der Waals surface area contributed by atoms with Crippen molar-refractivity contribution in [3.63, 3.8) is 0 Å². The van der Waals surface area contributed by atoms with Crippen LogP contribution in [0.2, 0.25) is 0 Å². The molecule has 0 saturated heterocycles. The highest BCUT2D eigenvalue weighted by molar-refractivity contribution is 7.99. The minimum absolute atomic E-state index is 0.382. The number of aliphatic hydroxyl groups excluding tert-OH is 1. The van der Waals surface area contributed by atoms with Crippen molar-refractivity contribution in [2.24, 2.45) is 0 Å². The largest absolute Gasteiger partial charge is 0.436 e. The van der Waals surface area contributed by atoms with Crippen molar-refractivity contribution < 1.29 is 13.9 Å². The van der Waals surface area contributed by atoms with Gasteiger partial charge in [-0.05, 0) is 50.2 Å². The molecular weight excluding hydrogens is 253 g/mol. The molecule has 1 aromatic carbocycles. The van der Waals surface area contributed by atoms with E-state index < -0.39 is 6.10 Å². The van der Waals surface area contributed by atoms with Crippen molar-refractivity contribution >= 4 is 11.8 Å². The molecule has 0 unspecified atom stereocenters. The van der Waals surface area contributed by atoms with Gasteiger partial charge in [-0.25, -0.2) is 9.37 Å². The van der Waals surface area contributed by atoms with Gasteiger partial charge in [-0.15, -0.1) is 0 Å². The van der Waals surface area contributed by atoms with Gasteiger partial charge in [-0.3, -0.25) is 0 Å². The van der Waals surface area contributed by atoms with E-state index in [1.165, 1.54) is 6.07 Å². The number of aliphatic hydroxyl groups is 1. The summed E-state index contributed by atoms with van der Waals surface area (Å²) in [6, 6.07) is 4.64. The molecule has 18 heavy (non-hydrogen) atoms. The summed E-state index contributed by atoms with van der Waals surface area (Å²) in [5, 5.41) is 9.79. The first kappa shape index (κ1) is 13.1. The Hall–Kier alpha value is -1.33. The van der Waals surface area contributed by atoms with E-state index in [0.717, 1.165) is 23.2 Å². The summed E-state index contributed by atoms with van der Waals surface area (Å²) in [6.45, 7) is 5.26. The molecule has 1 aromatic heterocycles. The Morgan fingerprint density at radius 1 is 1.39 bits per heavy atom. The molecule has 0 amide bonds. The SMILES string of the molecule is Cc1nc(Sc2ccc([C@H](C)O)cc2F)oc1C. The van der Waals surface area contributed by atoms with Gasteiger partial charge in [-0.1, -0.05) is 6.07 Å². The molecule has 0 fully saturated rings. The predicted octanol–water partition coefficient (Wildman–Crippen LogP) is 3.64. The maximum atomic E-state index is 13.8. The summed E-state index contributed by atoms with van der Waals surface area (Å²) in [5.41, 5.74) is 1.36. The molecule has 1 heterocycles. The molecule has 0 radical (unpaired) electrons. The summed E-state index contributed by atoms with van der Waals surface area (Å²) in [7, 11) is 0. The summed E-state index contributed by atoms with van der Waals surface area (Å²) in [4.78, 5) is 4.62. The van der Waals surface area contributed by atoms with E-state index in [9.17, 15) is 9.50 Å². The molecule has 0 spiro atoms. The van der Waals surface area contributed by atoms with Crippen LogP contribution >= 0.6 is 11.8 Å². The minimum atomic E-state index is -0.676. The monoisotopic (exact) mass is 267 g/mol. The molecule has 0 aliphatic carbocycles. The van der Waals surface area contributed by atoms with Crippen molar-refractivity contribution in [1.82, 2.24) is 4.98 Å². The first-order chi connectivity index (χ1) is 8.47. The minimum Gasteiger partial charge on any atom is -0.436 e. The van der Waals surface area contributed by atoms with Crippen LogP contribution < -0.4 is 0 Å². The molecule has 5 heteroatoms. The van der Waals surface area contributed by atoms with Gasteiger partial charge in [0.2, 0.25) is 0 Å². The Morgan fingerprint density at radius 2 is 2.11 bits per heavy atom. The van der Waals surface area contributed by atoms with E-state index in [1.807, 2.05) is 13.8 Å². The van der Waals surface area contributed by atoms with E-state index in [0.29, 0.717) is 15.7 Å². The Kier molecular flexibility index (Phi) is 3.73. The average Bonchev–Trinajstić information content (AvgIpc) is 2.61. The first-order valence-corrected chi connectivity index (χ1v) is 6.38. The van der Waals surface area contributed by atoms with Crippen molar-refractivity contribution in [2.45, 2.75) is 37.0 Å². The first-order valence-electron chi connectivity index (χ1n) is 5.56. The zero-order chi connectivity index (χ0) is 13.3. The number of nitrogens with zero attached hydrogens (tertiary/aromatic N) is 1. The van der Waals surface area contributed by atoms with Gasteiger partial charge in [0.15, 0.2) is 0 Å². The number of hydrogen-bond acceptors (Lipinski definition) is 4. The van der Waals surface area contributed by atoms with Gasteiger partial charge in [0.25, 0.3) is 5.22 Å². The molecule has 96 valence electrons. The van der Waals surface area contributed by atoms with Crippen molar-refractivity contribution in [3.05, 3.63) is 41.0 Å². The lowest BCUT2D eigenvalue weighted by molar-refractivity contribution is 0.198. The Bertz CT molecular complexity index is 547. The summed E-state index contributed by atoms with van der Waals surface area (Å²) in [6.07, 6.45) is -0.676. The fourth-order valence-electron chi connectivity index (χ4n) is 1.44. The fourth-order valence-corrected chi connectivity index (χ4v) is 2.27. The summed E-state index contributed by atoms with van der Waals surface area (Å²) < 4.78 is 19.2. The van der Waals surface area contributed by atoms with Crippen LogP contribution in [0.3, 0.4) is 0 Å². The smallest absolute Gasteiger partial charge is 0.261 e. The highest BCUT2D eigenvalue weighted by Gasteiger charge is 2.12. The van der Waals surface area contributed by atoms with E-state index in [4.69, 9.17) is 4.42 Å². The van der Waals surface area contributed by atoms with Crippen LogP contribution in [0.15, 0.2) is 32.7 Å². The molecule has 1 atom stereocenters.